The van der Waals surface area contributed by atoms with E-state index in [0.717, 1.165) is 31.3 Å². The largest absolute Gasteiger partial charge is 0.464 e. The van der Waals surface area contributed by atoms with Crippen LogP contribution in [0.3, 0.4) is 0 Å². The van der Waals surface area contributed by atoms with Gasteiger partial charge in [0.2, 0.25) is 5.91 Å². The number of hydrogen-bond donors (Lipinski definition) is 1. The summed E-state index contributed by atoms with van der Waals surface area (Å²) in [5.74, 6) is 0.864. The Kier molecular flexibility index (Phi) is 4.32. The highest BCUT2D eigenvalue weighted by molar-refractivity contribution is 5.92. The highest BCUT2D eigenvalue weighted by atomic mass is 16.5. The van der Waals surface area contributed by atoms with E-state index < -0.39 is 6.04 Å². The molecule has 1 saturated heterocycles. The van der Waals surface area contributed by atoms with Gasteiger partial charge in [-0.15, -0.1) is 0 Å². The lowest BCUT2D eigenvalue weighted by atomic mass is 9.81. The first-order valence-electron chi connectivity index (χ1n) is 9.71. The van der Waals surface area contributed by atoms with Gasteiger partial charge in [0.1, 0.15) is 12.6 Å². The summed E-state index contributed by atoms with van der Waals surface area (Å²) in [4.78, 5) is 35.6. The van der Waals surface area contributed by atoms with Crippen LogP contribution in [-0.4, -0.2) is 37.1 Å². The summed E-state index contributed by atoms with van der Waals surface area (Å²) < 4.78 is 10.9. The molecule has 6 nitrogen and oxygen atoms in total. The SMILES string of the molecule is C[C@@H]1CCC2=C(COC2=O)[C@H]2C[C@@](C)(COC(=O)[C@@H]3CCC(=O)N3)C[C@H]12. The van der Waals surface area contributed by atoms with Crippen LogP contribution >= 0.6 is 0 Å². The Balaban J connectivity index is 1.44. The Morgan fingerprint density at radius 2 is 2.08 bits per heavy atom. The van der Waals surface area contributed by atoms with Crippen molar-refractivity contribution in [3.8, 4) is 0 Å². The molecule has 2 fully saturated rings. The number of carbonyl (C=O) groups excluding carboxylic acids is 3. The van der Waals surface area contributed by atoms with Gasteiger partial charge in [0.15, 0.2) is 0 Å². The normalized spacial score (nSPS) is 39.2. The van der Waals surface area contributed by atoms with Gasteiger partial charge in [0, 0.05) is 17.4 Å². The molecule has 1 N–H and O–H groups in total. The molecule has 1 amide bonds. The van der Waals surface area contributed by atoms with Crippen molar-refractivity contribution >= 4 is 17.8 Å². The standard InChI is InChI=1S/C20H27NO5/c1-11-3-4-12-15(9-25-18(12)23)14-8-20(2,7-13(11)14)10-26-19(24)16-5-6-17(22)21-16/h11,13-14,16H,3-10H2,1-2H3,(H,21,22)/t11-,13-,14+,16+,20+/m1/s1. The van der Waals surface area contributed by atoms with E-state index in [1.54, 1.807) is 0 Å². The summed E-state index contributed by atoms with van der Waals surface area (Å²) in [5.41, 5.74) is 2.00. The summed E-state index contributed by atoms with van der Waals surface area (Å²) in [7, 11) is 0. The van der Waals surface area contributed by atoms with Crippen LogP contribution in [0.4, 0.5) is 0 Å². The maximum Gasteiger partial charge on any atom is 0.334 e. The quantitative estimate of drug-likeness (QED) is 0.779. The maximum absolute atomic E-state index is 12.2. The Hall–Kier alpha value is -1.85. The molecule has 4 aliphatic rings. The van der Waals surface area contributed by atoms with Crippen molar-refractivity contribution in [2.24, 2.45) is 23.2 Å². The van der Waals surface area contributed by atoms with Crippen molar-refractivity contribution in [1.82, 2.24) is 5.32 Å². The topological polar surface area (TPSA) is 81.7 Å². The molecular formula is C20H27NO5. The number of cyclic esters (lactones) is 1. The molecule has 6 heteroatoms. The van der Waals surface area contributed by atoms with Gasteiger partial charge in [-0.25, -0.2) is 9.59 Å². The predicted molar refractivity (Wildman–Crippen MR) is 92.8 cm³/mol. The van der Waals surface area contributed by atoms with Gasteiger partial charge in [-0.05, 0) is 55.4 Å². The zero-order valence-electron chi connectivity index (χ0n) is 15.5. The van der Waals surface area contributed by atoms with Gasteiger partial charge in [-0.1, -0.05) is 13.8 Å². The van der Waals surface area contributed by atoms with E-state index in [2.05, 4.69) is 19.2 Å². The van der Waals surface area contributed by atoms with Crippen molar-refractivity contribution in [3.05, 3.63) is 11.1 Å². The predicted octanol–water partition coefficient (Wildman–Crippen LogP) is 2.12. The first kappa shape index (κ1) is 17.6. The van der Waals surface area contributed by atoms with E-state index in [1.165, 1.54) is 5.57 Å². The molecule has 0 radical (unpaired) electrons. The van der Waals surface area contributed by atoms with Gasteiger partial charge < -0.3 is 14.8 Å². The summed E-state index contributed by atoms with van der Waals surface area (Å²) in [5, 5.41) is 2.67. The summed E-state index contributed by atoms with van der Waals surface area (Å²) in [6.45, 7) is 5.26. The zero-order chi connectivity index (χ0) is 18.5. The Morgan fingerprint density at radius 1 is 1.27 bits per heavy atom. The second-order valence-electron chi connectivity index (χ2n) is 8.85. The van der Waals surface area contributed by atoms with Crippen LogP contribution in [0.25, 0.3) is 0 Å². The van der Waals surface area contributed by atoms with E-state index in [1.807, 2.05) is 0 Å². The molecule has 4 rings (SSSR count). The molecule has 5 atom stereocenters. The number of hydrogen-bond acceptors (Lipinski definition) is 5. The summed E-state index contributed by atoms with van der Waals surface area (Å²) in [6.07, 6.45) is 4.67. The number of fused-ring (bicyclic) bond motifs is 2. The third kappa shape index (κ3) is 3.03. The molecule has 2 aliphatic carbocycles. The van der Waals surface area contributed by atoms with Crippen molar-refractivity contribution in [1.29, 1.82) is 0 Å². The monoisotopic (exact) mass is 361 g/mol. The van der Waals surface area contributed by atoms with E-state index in [9.17, 15) is 14.4 Å². The van der Waals surface area contributed by atoms with Crippen molar-refractivity contribution in [2.45, 2.75) is 58.4 Å². The lowest BCUT2D eigenvalue weighted by Crippen LogP contribution is -2.36. The minimum Gasteiger partial charge on any atom is -0.464 e. The van der Waals surface area contributed by atoms with Crippen LogP contribution in [0.2, 0.25) is 0 Å². The molecular weight excluding hydrogens is 334 g/mol. The number of amides is 1. The fourth-order valence-corrected chi connectivity index (χ4v) is 5.34. The second kappa shape index (κ2) is 6.39. The third-order valence-electron chi connectivity index (χ3n) is 6.82. The molecule has 2 heterocycles. The van der Waals surface area contributed by atoms with Crippen molar-refractivity contribution in [2.75, 3.05) is 13.2 Å². The molecule has 0 aromatic carbocycles. The van der Waals surface area contributed by atoms with Crippen LogP contribution in [0, 0.1) is 23.2 Å². The van der Waals surface area contributed by atoms with Gasteiger partial charge in [0.25, 0.3) is 0 Å². The Bertz CT molecular complexity index is 684. The second-order valence-corrected chi connectivity index (χ2v) is 8.85. The molecule has 26 heavy (non-hydrogen) atoms. The fraction of sp³-hybridized carbons (Fsp3) is 0.750. The first-order chi connectivity index (χ1) is 12.4. The van der Waals surface area contributed by atoms with E-state index in [0.29, 0.717) is 43.8 Å². The molecule has 0 bridgehead atoms. The Morgan fingerprint density at radius 3 is 2.81 bits per heavy atom. The fourth-order valence-electron chi connectivity index (χ4n) is 5.34. The lowest BCUT2D eigenvalue weighted by Gasteiger charge is -2.26. The van der Waals surface area contributed by atoms with E-state index >= 15 is 0 Å². The lowest BCUT2D eigenvalue weighted by molar-refractivity contribution is -0.149. The van der Waals surface area contributed by atoms with Gasteiger partial charge in [0.05, 0.1) is 6.61 Å². The van der Waals surface area contributed by atoms with Crippen LogP contribution < -0.4 is 5.32 Å². The van der Waals surface area contributed by atoms with Gasteiger partial charge >= 0.3 is 11.9 Å². The minimum absolute atomic E-state index is 0.0829. The average Bonchev–Trinajstić information content (AvgIpc) is 3.26. The van der Waals surface area contributed by atoms with Crippen LogP contribution in [0.1, 0.15) is 52.4 Å². The van der Waals surface area contributed by atoms with Crippen molar-refractivity contribution < 1.29 is 23.9 Å². The number of esters is 2. The minimum atomic E-state index is -0.493. The Labute approximate surface area is 153 Å². The summed E-state index contributed by atoms with van der Waals surface area (Å²) in [6, 6.07) is -0.493. The number of rotatable bonds is 3. The number of carbonyl (C=O) groups is 3. The average molecular weight is 361 g/mol. The molecule has 0 aromatic heterocycles. The van der Waals surface area contributed by atoms with Crippen LogP contribution in [0.15, 0.2) is 11.1 Å². The molecule has 142 valence electrons. The number of ether oxygens (including phenoxy) is 2. The van der Waals surface area contributed by atoms with Gasteiger partial charge in [-0.2, -0.15) is 0 Å². The highest BCUT2D eigenvalue weighted by Gasteiger charge is 2.49. The molecule has 0 spiro atoms. The van der Waals surface area contributed by atoms with E-state index in [-0.39, 0.29) is 23.3 Å². The van der Waals surface area contributed by atoms with Gasteiger partial charge in [-0.3, -0.25) is 4.79 Å². The molecule has 0 aromatic rings. The van der Waals surface area contributed by atoms with Crippen LogP contribution in [-0.2, 0) is 23.9 Å². The maximum atomic E-state index is 12.2. The van der Waals surface area contributed by atoms with E-state index in [4.69, 9.17) is 9.47 Å². The molecule has 2 aliphatic heterocycles. The smallest absolute Gasteiger partial charge is 0.334 e. The zero-order valence-corrected chi connectivity index (χ0v) is 15.5. The number of nitrogens with one attached hydrogen (secondary N) is 1. The summed E-state index contributed by atoms with van der Waals surface area (Å²) >= 11 is 0. The molecule has 0 unspecified atom stereocenters. The molecule has 1 saturated carbocycles. The van der Waals surface area contributed by atoms with Crippen LogP contribution in [0.5, 0.6) is 0 Å². The first-order valence-corrected chi connectivity index (χ1v) is 9.71. The highest BCUT2D eigenvalue weighted by Crippen LogP contribution is 2.55. The third-order valence-corrected chi connectivity index (χ3v) is 6.82. The van der Waals surface area contributed by atoms with Crippen molar-refractivity contribution in [3.63, 3.8) is 0 Å².